The van der Waals surface area contributed by atoms with Crippen molar-refractivity contribution in [3.8, 4) is 11.5 Å². The number of methoxy groups -OCH3 is 2. The van der Waals surface area contributed by atoms with Gasteiger partial charge in [-0.3, -0.25) is 4.90 Å². The number of cyclic esters (lactones) is 1. The predicted molar refractivity (Wildman–Crippen MR) is 115 cm³/mol. The second kappa shape index (κ2) is 8.39. The Morgan fingerprint density at radius 1 is 1.03 bits per heavy atom. The van der Waals surface area contributed by atoms with E-state index in [1.165, 1.54) is 30.7 Å². The lowest BCUT2D eigenvalue weighted by Gasteiger charge is -2.40. The van der Waals surface area contributed by atoms with E-state index >= 15 is 0 Å². The summed E-state index contributed by atoms with van der Waals surface area (Å²) in [5.41, 5.74) is 2.87. The van der Waals surface area contributed by atoms with E-state index in [1.54, 1.807) is 11.0 Å². The van der Waals surface area contributed by atoms with Gasteiger partial charge in [-0.05, 0) is 37.5 Å². The number of piperidine rings is 1. The highest BCUT2D eigenvalue weighted by molar-refractivity contribution is 7.89. The second-order valence-electron chi connectivity index (χ2n) is 7.66. The Hall–Kier alpha value is -2.78. The van der Waals surface area contributed by atoms with Crippen LogP contribution >= 0.6 is 0 Å². The molecule has 2 aliphatic heterocycles. The van der Waals surface area contributed by atoms with Gasteiger partial charge in [-0.15, -0.1) is 0 Å². The maximum absolute atomic E-state index is 13.2. The summed E-state index contributed by atoms with van der Waals surface area (Å²) in [6, 6.07) is 10.3. The van der Waals surface area contributed by atoms with Crippen molar-refractivity contribution in [3.05, 3.63) is 47.5 Å². The van der Waals surface area contributed by atoms with Crippen molar-refractivity contribution in [2.24, 2.45) is 0 Å². The van der Waals surface area contributed by atoms with Crippen molar-refractivity contribution in [1.29, 1.82) is 0 Å². The smallest absolute Gasteiger partial charge is 0.414 e. The average molecular weight is 447 g/mol. The quantitative estimate of drug-likeness (QED) is 0.701. The summed E-state index contributed by atoms with van der Waals surface area (Å²) in [6.07, 6.45) is 0.674. The number of hydrogen-bond donors (Lipinski definition) is 0. The molecule has 2 aromatic carbocycles. The molecule has 0 radical (unpaired) electrons. The number of carbonyl (C=O) groups excluding carboxylic acids is 1. The Morgan fingerprint density at radius 2 is 1.74 bits per heavy atom. The van der Waals surface area contributed by atoms with Gasteiger partial charge in [-0.25, -0.2) is 13.2 Å². The van der Waals surface area contributed by atoms with Crippen molar-refractivity contribution in [2.75, 3.05) is 32.2 Å². The van der Waals surface area contributed by atoms with Gasteiger partial charge in [0.05, 0.1) is 24.8 Å². The average Bonchev–Trinajstić information content (AvgIpc) is 2.79. The molecule has 1 amide bonds. The van der Waals surface area contributed by atoms with Crippen molar-refractivity contribution < 1.29 is 27.4 Å². The molecule has 2 aliphatic rings. The maximum atomic E-state index is 13.2. The van der Waals surface area contributed by atoms with Gasteiger partial charge in [-0.1, -0.05) is 18.2 Å². The van der Waals surface area contributed by atoms with E-state index in [4.69, 9.17) is 14.2 Å². The van der Waals surface area contributed by atoms with Gasteiger partial charge in [0, 0.05) is 30.8 Å². The zero-order valence-corrected chi connectivity index (χ0v) is 18.6. The van der Waals surface area contributed by atoms with Crippen molar-refractivity contribution in [1.82, 2.24) is 4.31 Å². The van der Waals surface area contributed by atoms with Gasteiger partial charge in [0.25, 0.3) is 0 Å². The predicted octanol–water partition coefficient (Wildman–Crippen LogP) is 3.32. The summed E-state index contributed by atoms with van der Waals surface area (Å²) in [7, 11) is -0.721. The van der Waals surface area contributed by atoms with Crippen LogP contribution in [0.5, 0.6) is 11.5 Å². The molecule has 0 spiro atoms. The molecule has 1 fully saturated rings. The van der Waals surface area contributed by atoms with E-state index in [-0.39, 0.29) is 23.6 Å². The molecular weight excluding hydrogens is 420 g/mol. The standard InChI is InChI=1S/C22H26N2O6S/c1-15-5-4-6-16-14-30-22(25)24(21(15)16)17-9-11-23(12-10-17)31(26,27)18-7-8-19(28-2)20(13-18)29-3/h4-8,13,17H,9-12,14H2,1-3H3. The van der Waals surface area contributed by atoms with Gasteiger partial charge in [0.2, 0.25) is 10.0 Å². The zero-order chi connectivity index (χ0) is 22.2. The van der Waals surface area contributed by atoms with Crippen LogP contribution in [-0.2, 0) is 21.4 Å². The summed E-state index contributed by atoms with van der Waals surface area (Å²) < 4.78 is 43.6. The van der Waals surface area contributed by atoms with E-state index in [9.17, 15) is 13.2 Å². The molecule has 0 bridgehead atoms. The van der Waals surface area contributed by atoms with E-state index < -0.39 is 10.0 Å². The number of para-hydroxylation sites is 1. The van der Waals surface area contributed by atoms with Crippen LogP contribution in [-0.4, -0.2) is 52.2 Å². The number of hydrogen-bond acceptors (Lipinski definition) is 6. The van der Waals surface area contributed by atoms with E-state index in [0.717, 1.165) is 16.8 Å². The molecule has 0 N–H and O–H groups in total. The van der Waals surface area contributed by atoms with Crippen LogP contribution in [0.2, 0.25) is 0 Å². The second-order valence-corrected chi connectivity index (χ2v) is 9.60. The molecule has 2 heterocycles. The monoisotopic (exact) mass is 446 g/mol. The zero-order valence-electron chi connectivity index (χ0n) is 17.8. The summed E-state index contributed by atoms with van der Waals surface area (Å²) in [5, 5.41) is 0. The van der Waals surface area contributed by atoms with Crippen molar-refractivity contribution in [3.63, 3.8) is 0 Å². The van der Waals surface area contributed by atoms with Gasteiger partial charge >= 0.3 is 6.09 Å². The van der Waals surface area contributed by atoms with Crippen LogP contribution in [0.4, 0.5) is 10.5 Å². The van der Waals surface area contributed by atoms with Gasteiger partial charge in [-0.2, -0.15) is 4.31 Å². The molecule has 9 heteroatoms. The molecule has 1 saturated heterocycles. The number of sulfonamides is 1. The maximum Gasteiger partial charge on any atom is 0.414 e. The Morgan fingerprint density at radius 3 is 2.42 bits per heavy atom. The minimum absolute atomic E-state index is 0.121. The minimum Gasteiger partial charge on any atom is -0.493 e. The third-order valence-electron chi connectivity index (χ3n) is 5.89. The number of ether oxygens (including phenoxy) is 3. The van der Waals surface area contributed by atoms with E-state index in [1.807, 2.05) is 25.1 Å². The molecular formula is C22H26N2O6S. The Labute approximate surface area is 182 Å². The van der Waals surface area contributed by atoms with Crippen LogP contribution < -0.4 is 14.4 Å². The number of rotatable bonds is 5. The highest BCUT2D eigenvalue weighted by Crippen LogP contribution is 2.36. The number of amides is 1. The molecule has 2 aromatic rings. The SMILES string of the molecule is COc1ccc(S(=O)(=O)N2CCC(N3C(=O)OCc4cccc(C)c43)CC2)cc1OC. The first-order valence-corrected chi connectivity index (χ1v) is 11.6. The number of fused-ring (bicyclic) bond motifs is 1. The Bertz CT molecular complexity index is 1090. The van der Waals surface area contributed by atoms with Gasteiger partial charge < -0.3 is 14.2 Å². The molecule has 8 nitrogen and oxygen atoms in total. The molecule has 166 valence electrons. The summed E-state index contributed by atoms with van der Waals surface area (Å²) in [6.45, 7) is 2.86. The number of carbonyl (C=O) groups is 1. The number of nitrogens with zero attached hydrogens (tertiary/aromatic N) is 2. The number of anilines is 1. The van der Waals surface area contributed by atoms with Crippen LogP contribution in [0.15, 0.2) is 41.3 Å². The first-order chi connectivity index (χ1) is 14.9. The molecule has 0 atom stereocenters. The molecule has 0 aromatic heterocycles. The fourth-order valence-electron chi connectivity index (χ4n) is 4.28. The van der Waals surface area contributed by atoms with Crippen molar-refractivity contribution >= 4 is 21.8 Å². The highest BCUT2D eigenvalue weighted by atomic mass is 32.2. The molecule has 0 unspecified atom stereocenters. The van der Waals surface area contributed by atoms with Gasteiger partial charge in [0.15, 0.2) is 11.5 Å². The molecule has 0 aliphatic carbocycles. The Balaban J connectivity index is 1.54. The van der Waals surface area contributed by atoms with E-state index in [2.05, 4.69) is 0 Å². The summed E-state index contributed by atoms with van der Waals surface area (Å²) >= 11 is 0. The lowest BCUT2D eigenvalue weighted by Crippen LogP contribution is -2.50. The third kappa shape index (κ3) is 3.83. The first kappa shape index (κ1) is 21.5. The van der Waals surface area contributed by atoms with Gasteiger partial charge in [0.1, 0.15) is 6.61 Å². The molecule has 31 heavy (non-hydrogen) atoms. The number of aryl methyl sites for hydroxylation is 1. The first-order valence-electron chi connectivity index (χ1n) is 10.1. The van der Waals surface area contributed by atoms with Crippen LogP contribution in [0.3, 0.4) is 0 Å². The van der Waals surface area contributed by atoms with E-state index in [0.29, 0.717) is 37.4 Å². The van der Waals surface area contributed by atoms with Crippen molar-refractivity contribution in [2.45, 2.75) is 37.3 Å². The minimum atomic E-state index is -3.69. The third-order valence-corrected chi connectivity index (χ3v) is 7.79. The fourth-order valence-corrected chi connectivity index (χ4v) is 5.77. The van der Waals surface area contributed by atoms with Crippen LogP contribution in [0, 0.1) is 6.92 Å². The largest absolute Gasteiger partial charge is 0.493 e. The Kier molecular flexibility index (Phi) is 5.81. The fraction of sp³-hybridized carbons (Fsp3) is 0.409. The summed E-state index contributed by atoms with van der Waals surface area (Å²) in [4.78, 5) is 14.4. The highest BCUT2D eigenvalue weighted by Gasteiger charge is 2.37. The lowest BCUT2D eigenvalue weighted by atomic mass is 10.00. The number of benzene rings is 2. The lowest BCUT2D eigenvalue weighted by molar-refractivity contribution is 0.135. The summed E-state index contributed by atoms with van der Waals surface area (Å²) in [5.74, 6) is 0.833. The normalized spacial score (nSPS) is 17.8. The van der Waals surface area contributed by atoms with Crippen LogP contribution in [0.25, 0.3) is 0 Å². The molecule has 0 saturated carbocycles. The molecule has 4 rings (SSSR count). The van der Waals surface area contributed by atoms with Crippen LogP contribution in [0.1, 0.15) is 24.0 Å². The topological polar surface area (TPSA) is 85.4 Å².